The normalized spacial score (nSPS) is 21.1. The molecule has 10 nitrogen and oxygen atoms in total. The van der Waals surface area contributed by atoms with Crippen molar-refractivity contribution in [3.63, 3.8) is 0 Å². The van der Waals surface area contributed by atoms with Gasteiger partial charge in [-0.15, -0.1) is 0 Å². The summed E-state index contributed by atoms with van der Waals surface area (Å²) in [7, 11) is 0. The Morgan fingerprint density at radius 1 is 0.926 bits per heavy atom. The molecule has 304 valence electrons. The summed E-state index contributed by atoms with van der Waals surface area (Å²) in [5, 5.41) is 5.54. The highest BCUT2D eigenvalue weighted by atomic mass is 19.4. The molecule has 1 aromatic carbocycles. The highest BCUT2D eigenvalue weighted by Crippen LogP contribution is 2.34. The molecule has 1 aliphatic carbocycles. The van der Waals surface area contributed by atoms with Crippen LogP contribution in [0.15, 0.2) is 24.3 Å². The van der Waals surface area contributed by atoms with Gasteiger partial charge in [0.1, 0.15) is 12.6 Å². The number of ketones is 1. The molecule has 0 radical (unpaired) electrons. The first kappa shape index (κ1) is 45.1. The molecule has 0 bridgehead atoms. The summed E-state index contributed by atoms with van der Waals surface area (Å²) in [6.45, 7) is 11.5. The number of Topliss-reactive ketones (excluding diaryl/α,β-unsaturated/α-hetero) is 1. The molecule has 1 aliphatic heterocycles. The molecule has 1 unspecified atom stereocenters. The molecule has 1 heterocycles. The van der Waals surface area contributed by atoms with Crippen molar-refractivity contribution < 1.29 is 41.9 Å². The van der Waals surface area contributed by atoms with Crippen molar-refractivity contribution in [1.29, 1.82) is 0 Å². The number of anilines is 1. The third kappa shape index (κ3) is 13.8. The zero-order chi connectivity index (χ0) is 40.2. The molecule has 13 heteroatoms. The van der Waals surface area contributed by atoms with Crippen molar-refractivity contribution >= 4 is 35.2 Å². The van der Waals surface area contributed by atoms with Gasteiger partial charge in [-0.3, -0.25) is 34.2 Å². The number of nitrogens with zero attached hydrogens (tertiary/aromatic N) is 1. The van der Waals surface area contributed by atoms with E-state index in [1.807, 2.05) is 13.8 Å². The molecule has 1 saturated heterocycles. The van der Waals surface area contributed by atoms with E-state index in [0.717, 1.165) is 31.2 Å². The van der Waals surface area contributed by atoms with Gasteiger partial charge in [0, 0.05) is 36.9 Å². The predicted octanol–water partition coefficient (Wildman–Crippen LogP) is 7.19. The number of unbranched alkanes of at least 4 members (excludes halogenated alkanes) is 2. The summed E-state index contributed by atoms with van der Waals surface area (Å²) in [6.07, 6.45) is 0.0848. The van der Waals surface area contributed by atoms with E-state index in [4.69, 9.17) is 10.5 Å². The van der Waals surface area contributed by atoms with Crippen LogP contribution in [0.3, 0.4) is 0 Å². The Labute approximate surface area is 319 Å². The maximum atomic E-state index is 14.4. The number of ether oxygens (including phenoxy) is 1. The number of halogens is 3. The minimum atomic E-state index is -4.61. The van der Waals surface area contributed by atoms with Crippen LogP contribution in [-0.2, 0) is 35.3 Å². The fraction of sp³-hybridized carbons (Fsp3) is 0.732. The van der Waals surface area contributed by atoms with Crippen molar-refractivity contribution in [1.82, 2.24) is 10.2 Å². The van der Waals surface area contributed by atoms with Crippen LogP contribution in [-0.4, -0.2) is 65.7 Å². The van der Waals surface area contributed by atoms with Crippen LogP contribution in [0.5, 0.6) is 0 Å². The van der Waals surface area contributed by atoms with E-state index < -0.39 is 35.9 Å². The monoisotopic (exact) mass is 764 g/mol. The van der Waals surface area contributed by atoms with E-state index in [1.54, 1.807) is 52.0 Å². The molecule has 54 heavy (non-hydrogen) atoms. The van der Waals surface area contributed by atoms with Gasteiger partial charge in [0.25, 0.3) is 0 Å². The summed E-state index contributed by atoms with van der Waals surface area (Å²) in [5.74, 6) is -2.75. The van der Waals surface area contributed by atoms with Gasteiger partial charge in [0.15, 0.2) is 5.78 Å². The second kappa shape index (κ2) is 21.1. The number of amides is 3. The van der Waals surface area contributed by atoms with E-state index in [-0.39, 0.29) is 86.2 Å². The number of carbonyl (C=O) groups excluding carboxylic acids is 5. The Hall–Kier alpha value is -3.32. The fourth-order valence-electron chi connectivity index (χ4n) is 7.48. The summed E-state index contributed by atoms with van der Waals surface area (Å²) in [5.41, 5.74) is 7.13. The van der Waals surface area contributed by atoms with Crippen LogP contribution in [0.1, 0.15) is 118 Å². The average molecular weight is 765 g/mol. The topological polar surface area (TPSA) is 148 Å². The quantitative estimate of drug-likeness (QED) is 0.0677. The average Bonchev–Trinajstić information content (AvgIpc) is 3.40. The summed E-state index contributed by atoms with van der Waals surface area (Å²) in [4.78, 5) is 65.7. The van der Waals surface area contributed by atoms with Gasteiger partial charge < -0.3 is 15.8 Å². The smallest absolute Gasteiger partial charge is 0.403 e. The molecular weight excluding hydrogens is 701 g/mol. The second-order valence-corrected chi connectivity index (χ2v) is 16.4. The van der Waals surface area contributed by atoms with Gasteiger partial charge in [-0.05, 0) is 80.0 Å². The van der Waals surface area contributed by atoms with E-state index in [1.165, 1.54) is 4.90 Å². The van der Waals surface area contributed by atoms with Crippen LogP contribution < -0.4 is 16.4 Å². The molecule has 3 amide bonds. The summed E-state index contributed by atoms with van der Waals surface area (Å²) < 4.78 is 48.4. The molecule has 3 rings (SSSR count). The van der Waals surface area contributed by atoms with Gasteiger partial charge >= 0.3 is 12.1 Å². The number of benzene rings is 1. The van der Waals surface area contributed by atoms with Crippen LogP contribution in [0.4, 0.5) is 18.9 Å². The zero-order valence-electron chi connectivity index (χ0n) is 33.0. The number of imide groups is 1. The van der Waals surface area contributed by atoms with Crippen LogP contribution in [0.2, 0.25) is 0 Å². The number of rotatable bonds is 21. The number of esters is 1. The Bertz CT molecular complexity index is 1390. The van der Waals surface area contributed by atoms with E-state index in [0.29, 0.717) is 37.4 Å². The number of hydrogen-bond acceptors (Lipinski definition) is 8. The van der Waals surface area contributed by atoms with E-state index in [9.17, 15) is 37.1 Å². The number of likely N-dealkylation sites (tertiary alicyclic amines) is 1. The first-order chi connectivity index (χ1) is 25.4. The van der Waals surface area contributed by atoms with E-state index in [2.05, 4.69) is 10.6 Å². The Morgan fingerprint density at radius 2 is 1.56 bits per heavy atom. The lowest BCUT2D eigenvalue weighted by Gasteiger charge is -2.32. The van der Waals surface area contributed by atoms with Gasteiger partial charge in [0.05, 0.1) is 12.0 Å². The second-order valence-electron chi connectivity index (χ2n) is 16.4. The molecule has 1 saturated carbocycles. The maximum Gasteiger partial charge on any atom is 0.403 e. The SMILES string of the molecule is CC(C)C(=O)OCc1ccc(NC(=O)[C@@H](CC(=O)[C@@H](N[C@@H](CCCCCN2C(=O)CC(C(C)C)C2=O)C(F)(F)F)C(C)C)CC2CCC(CN)CC2)cc1. The Kier molecular flexibility index (Phi) is 17.6. The summed E-state index contributed by atoms with van der Waals surface area (Å²) >= 11 is 0. The number of carbonyl (C=O) groups is 5. The molecular formula is C41H63F3N4O6. The van der Waals surface area contributed by atoms with Crippen molar-refractivity contribution in [2.45, 2.75) is 137 Å². The molecule has 0 spiro atoms. The zero-order valence-corrected chi connectivity index (χ0v) is 33.0. The van der Waals surface area contributed by atoms with Gasteiger partial charge in [-0.2, -0.15) is 13.2 Å². The van der Waals surface area contributed by atoms with Crippen molar-refractivity contribution in [2.24, 2.45) is 47.2 Å². The van der Waals surface area contributed by atoms with Gasteiger partial charge in [0.2, 0.25) is 17.7 Å². The van der Waals surface area contributed by atoms with Crippen molar-refractivity contribution in [2.75, 3.05) is 18.4 Å². The molecule has 4 N–H and O–H groups in total. The lowest BCUT2D eigenvalue weighted by Crippen LogP contribution is -2.53. The van der Waals surface area contributed by atoms with Gasteiger partial charge in [-0.1, -0.05) is 79.4 Å². The van der Waals surface area contributed by atoms with Crippen LogP contribution in [0.25, 0.3) is 0 Å². The highest BCUT2D eigenvalue weighted by Gasteiger charge is 2.43. The summed E-state index contributed by atoms with van der Waals surface area (Å²) in [6, 6.07) is 3.80. The lowest BCUT2D eigenvalue weighted by molar-refractivity contribution is -0.161. The number of nitrogens with two attached hydrogens (primary N) is 1. The van der Waals surface area contributed by atoms with Crippen molar-refractivity contribution in [3.8, 4) is 0 Å². The molecule has 2 fully saturated rings. The van der Waals surface area contributed by atoms with Gasteiger partial charge in [-0.25, -0.2) is 0 Å². The van der Waals surface area contributed by atoms with Crippen molar-refractivity contribution in [3.05, 3.63) is 29.8 Å². The number of hydrogen-bond donors (Lipinski definition) is 3. The van der Waals surface area contributed by atoms with Crippen LogP contribution >= 0.6 is 0 Å². The lowest BCUT2D eigenvalue weighted by atomic mass is 9.76. The molecule has 0 aromatic heterocycles. The molecule has 1 aromatic rings. The third-order valence-electron chi connectivity index (χ3n) is 11.1. The fourth-order valence-corrected chi connectivity index (χ4v) is 7.48. The predicted molar refractivity (Wildman–Crippen MR) is 202 cm³/mol. The molecule has 2 aliphatic rings. The first-order valence-electron chi connectivity index (χ1n) is 19.9. The standard InChI is InChI=1S/C41H63F3N4O6/c1-25(2)33-22-36(50)48(39(33)52)19-9-7-8-10-35(41(42,43)44)47-37(26(3)4)34(49)21-31(20-28-11-13-29(23-45)14-12-28)38(51)46-32-17-15-30(16-18-32)24-54-40(53)27(5)6/h15-18,25-29,31,33,35,37,47H,7-14,19-24,45H2,1-6H3,(H,46,51)/t28?,29?,31-,33?,35+,37+/m1/s1. The Morgan fingerprint density at radius 3 is 2.09 bits per heavy atom. The minimum absolute atomic E-state index is 0.0371. The van der Waals surface area contributed by atoms with E-state index >= 15 is 0 Å². The third-order valence-corrected chi connectivity index (χ3v) is 11.1. The Balaban J connectivity index is 1.65. The maximum absolute atomic E-state index is 14.4. The largest absolute Gasteiger partial charge is 0.461 e. The highest BCUT2D eigenvalue weighted by molar-refractivity contribution is 6.03. The minimum Gasteiger partial charge on any atom is -0.461 e. The van der Waals surface area contributed by atoms with Crippen LogP contribution in [0, 0.1) is 41.4 Å². The number of alkyl halides is 3. The number of nitrogens with one attached hydrogen (secondary N) is 2. The molecule has 4 atom stereocenters. The first-order valence-corrected chi connectivity index (χ1v) is 19.9.